The average Bonchev–Trinajstić information content (AvgIpc) is 3.28. The van der Waals surface area contributed by atoms with Gasteiger partial charge in [0.15, 0.2) is 5.96 Å². The summed E-state index contributed by atoms with van der Waals surface area (Å²) in [7, 11) is 4.53. The summed E-state index contributed by atoms with van der Waals surface area (Å²) in [6.07, 6.45) is 1.62. The SMILES string of the molecule is CN=C(NCc1ccc(OC)c(C(=O)OC)c1)NCc1coc(-c2ccccc2)n1.I. The van der Waals surface area contributed by atoms with Crippen LogP contribution in [0.2, 0.25) is 0 Å². The maximum atomic E-state index is 11.9. The maximum Gasteiger partial charge on any atom is 0.341 e. The first-order chi connectivity index (χ1) is 14.6. The number of guanidine groups is 1. The fourth-order valence-corrected chi connectivity index (χ4v) is 2.82. The van der Waals surface area contributed by atoms with Crippen molar-refractivity contribution in [2.24, 2.45) is 4.99 Å². The Kier molecular flexibility index (Phi) is 9.32. The summed E-state index contributed by atoms with van der Waals surface area (Å²) in [5, 5.41) is 6.40. The van der Waals surface area contributed by atoms with E-state index >= 15 is 0 Å². The number of aromatic nitrogens is 1. The lowest BCUT2D eigenvalue weighted by atomic mass is 10.1. The van der Waals surface area contributed by atoms with Gasteiger partial charge in [-0.05, 0) is 29.8 Å². The van der Waals surface area contributed by atoms with Gasteiger partial charge in [0.05, 0.1) is 26.5 Å². The van der Waals surface area contributed by atoms with Crippen molar-refractivity contribution in [3.8, 4) is 17.2 Å². The minimum atomic E-state index is -0.448. The van der Waals surface area contributed by atoms with E-state index in [0.717, 1.165) is 16.8 Å². The Morgan fingerprint density at radius 2 is 1.84 bits per heavy atom. The predicted octanol–water partition coefficient (Wildman–Crippen LogP) is 3.62. The molecule has 9 heteroatoms. The number of carbonyl (C=O) groups is 1. The van der Waals surface area contributed by atoms with Crippen LogP contribution >= 0.6 is 24.0 Å². The van der Waals surface area contributed by atoms with E-state index in [4.69, 9.17) is 13.9 Å². The molecule has 0 aliphatic carbocycles. The van der Waals surface area contributed by atoms with Gasteiger partial charge in [0.1, 0.15) is 17.6 Å². The number of methoxy groups -OCH3 is 2. The van der Waals surface area contributed by atoms with E-state index < -0.39 is 5.97 Å². The lowest BCUT2D eigenvalue weighted by molar-refractivity contribution is 0.0597. The van der Waals surface area contributed by atoms with E-state index in [1.807, 2.05) is 36.4 Å². The molecule has 31 heavy (non-hydrogen) atoms. The Hall–Kier alpha value is -3.08. The largest absolute Gasteiger partial charge is 0.496 e. The molecule has 0 saturated heterocycles. The average molecular weight is 536 g/mol. The summed E-state index contributed by atoms with van der Waals surface area (Å²) in [4.78, 5) is 20.6. The number of hydrogen-bond donors (Lipinski definition) is 2. The second kappa shape index (κ2) is 11.9. The third kappa shape index (κ3) is 6.45. The minimum absolute atomic E-state index is 0. The number of nitrogens with one attached hydrogen (secondary N) is 2. The molecule has 0 bridgehead atoms. The van der Waals surface area contributed by atoms with Gasteiger partial charge in [-0.3, -0.25) is 4.99 Å². The molecule has 0 fully saturated rings. The van der Waals surface area contributed by atoms with Crippen LogP contribution in [0.4, 0.5) is 0 Å². The predicted molar refractivity (Wildman–Crippen MR) is 129 cm³/mol. The molecular formula is C22H25IN4O4. The number of nitrogens with zero attached hydrogens (tertiary/aromatic N) is 2. The fraction of sp³-hybridized carbons (Fsp3) is 0.227. The Morgan fingerprint density at radius 3 is 2.52 bits per heavy atom. The highest BCUT2D eigenvalue weighted by Crippen LogP contribution is 2.21. The molecule has 0 aliphatic rings. The number of oxazole rings is 1. The first-order valence-corrected chi connectivity index (χ1v) is 9.34. The van der Waals surface area contributed by atoms with Gasteiger partial charge in [0, 0.05) is 19.2 Å². The molecule has 164 valence electrons. The molecule has 0 unspecified atom stereocenters. The van der Waals surface area contributed by atoms with Crippen LogP contribution in [0.15, 0.2) is 64.2 Å². The van der Waals surface area contributed by atoms with E-state index in [9.17, 15) is 4.79 Å². The molecule has 1 aromatic heterocycles. The summed E-state index contributed by atoms with van der Waals surface area (Å²) in [6.45, 7) is 0.910. The van der Waals surface area contributed by atoms with Crippen molar-refractivity contribution in [2.75, 3.05) is 21.3 Å². The van der Waals surface area contributed by atoms with Gasteiger partial charge in [-0.1, -0.05) is 24.3 Å². The topological polar surface area (TPSA) is 98.0 Å². The van der Waals surface area contributed by atoms with Gasteiger partial charge < -0.3 is 24.5 Å². The van der Waals surface area contributed by atoms with E-state index in [2.05, 4.69) is 20.6 Å². The smallest absolute Gasteiger partial charge is 0.341 e. The molecule has 3 aromatic rings. The fourth-order valence-electron chi connectivity index (χ4n) is 2.82. The van der Waals surface area contributed by atoms with Gasteiger partial charge in [0.25, 0.3) is 0 Å². The molecule has 0 atom stereocenters. The van der Waals surface area contributed by atoms with Gasteiger partial charge in [-0.15, -0.1) is 24.0 Å². The molecule has 1 heterocycles. The number of carbonyl (C=O) groups excluding carboxylic acids is 1. The van der Waals surface area contributed by atoms with E-state index in [1.54, 1.807) is 25.4 Å². The second-order valence-corrected chi connectivity index (χ2v) is 6.32. The van der Waals surface area contributed by atoms with Crippen molar-refractivity contribution >= 4 is 35.9 Å². The van der Waals surface area contributed by atoms with Crippen LogP contribution in [-0.4, -0.2) is 38.2 Å². The van der Waals surface area contributed by atoms with Crippen LogP contribution in [0.5, 0.6) is 5.75 Å². The minimum Gasteiger partial charge on any atom is -0.496 e. The maximum absolute atomic E-state index is 11.9. The molecule has 0 saturated carbocycles. The molecule has 0 amide bonds. The zero-order valence-corrected chi connectivity index (χ0v) is 19.9. The van der Waals surface area contributed by atoms with Crippen LogP contribution < -0.4 is 15.4 Å². The molecule has 2 N–H and O–H groups in total. The zero-order chi connectivity index (χ0) is 21.3. The van der Waals surface area contributed by atoms with Crippen molar-refractivity contribution in [3.63, 3.8) is 0 Å². The molecule has 8 nitrogen and oxygen atoms in total. The monoisotopic (exact) mass is 536 g/mol. The molecule has 3 rings (SSSR count). The number of benzene rings is 2. The highest BCUT2D eigenvalue weighted by atomic mass is 127. The highest BCUT2D eigenvalue weighted by molar-refractivity contribution is 14.0. The van der Waals surface area contributed by atoms with Gasteiger partial charge >= 0.3 is 5.97 Å². The molecule has 0 radical (unpaired) electrons. The number of esters is 1. The first-order valence-electron chi connectivity index (χ1n) is 9.34. The number of ether oxygens (including phenoxy) is 2. The zero-order valence-electron chi connectivity index (χ0n) is 17.5. The van der Waals surface area contributed by atoms with Crippen molar-refractivity contribution in [3.05, 3.63) is 71.6 Å². The van der Waals surface area contributed by atoms with Gasteiger partial charge in [-0.2, -0.15) is 0 Å². The van der Waals surface area contributed by atoms with E-state index in [1.165, 1.54) is 14.2 Å². The lowest BCUT2D eigenvalue weighted by Crippen LogP contribution is -2.36. The van der Waals surface area contributed by atoms with Crippen molar-refractivity contribution in [1.29, 1.82) is 0 Å². The van der Waals surface area contributed by atoms with Crippen LogP contribution in [0.25, 0.3) is 11.5 Å². The number of halogens is 1. The van der Waals surface area contributed by atoms with Crippen LogP contribution in [0, 0.1) is 0 Å². The summed E-state index contributed by atoms with van der Waals surface area (Å²) in [5.41, 5.74) is 2.94. The Balaban J connectivity index is 0.00000341. The lowest BCUT2D eigenvalue weighted by Gasteiger charge is -2.13. The second-order valence-electron chi connectivity index (χ2n) is 6.32. The third-order valence-electron chi connectivity index (χ3n) is 4.36. The number of rotatable bonds is 7. The van der Waals surface area contributed by atoms with E-state index in [-0.39, 0.29) is 24.0 Å². The molecule has 0 spiro atoms. The molecular weight excluding hydrogens is 511 g/mol. The first kappa shape index (κ1) is 24.2. The third-order valence-corrected chi connectivity index (χ3v) is 4.36. The van der Waals surface area contributed by atoms with E-state index in [0.29, 0.717) is 36.3 Å². The van der Waals surface area contributed by atoms with Crippen molar-refractivity contribution < 1.29 is 18.7 Å². The Morgan fingerprint density at radius 1 is 1.10 bits per heavy atom. The number of aliphatic imine (C=N–C) groups is 1. The normalized spacial score (nSPS) is 10.7. The quantitative estimate of drug-likeness (QED) is 0.206. The highest BCUT2D eigenvalue weighted by Gasteiger charge is 2.13. The van der Waals surface area contributed by atoms with Crippen molar-refractivity contribution in [1.82, 2.24) is 15.6 Å². The number of hydrogen-bond acceptors (Lipinski definition) is 6. The summed E-state index contributed by atoms with van der Waals surface area (Å²) in [6, 6.07) is 15.1. The Labute approximate surface area is 198 Å². The summed E-state index contributed by atoms with van der Waals surface area (Å²) in [5.74, 6) is 1.18. The molecule has 0 aliphatic heterocycles. The van der Waals surface area contributed by atoms with Crippen LogP contribution in [0.1, 0.15) is 21.6 Å². The van der Waals surface area contributed by atoms with Crippen LogP contribution in [0.3, 0.4) is 0 Å². The van der Waals surface area contributed by atoms with Crippen LogP contribution in [-0.2, 0) is 17.8 Å². The summed E-state index contributed by atoms with van der Waals surface area (Å²) < 4.78 is 15.6. The van der Waals surface area contributed by atoms with Gasteiger partial charge in [0.2, 0.25) is 5.89 Å². The van der Waals surface area contributed by atoms with Crippen molar-refractivity contribution in [2.45, 2.75) is 13.1 Å². The molecule has 2 aromatic carbocycles. The summed E-state index contributed by atoms with van der Waals surface area (Å²) >= 11 is 0. The van der Waals surface area contributed by atoms with Gasteiger partial charge in [-0.25, -0.2) is 9.78 Å². The Bertz CT molecular complexity index is 1020. The standard InChI is InChI=1S/C22H24N4O4.HI/c1-23-22(24-12-15-9-10-19(28-2)18(11-15)21(27)29-3)25-13-17-14-30-20(26-17)16-7-5-4-6-8-16;/h4-11,14H,12-13H2,1-3H3,(H2,23,24,25);1H.